The molecule has 0 aliphatic carbocycles. The lowest BCUT2D eigenvalue weighted by atomic mass is 10.1. The van der Waals surface area contributed by atoms with Crippen molar-refractivity contribution in [1.82, 2.24) is 20.2 Å². The van der Waals surface area contributed by atoms with Gasteiger partial charge in [0, 0.05) is 24.5 Å². The molecular formula is C11H13N5O. The van der Waals surface area contributed by atoms with Gasteiger partial charge in [-0.2, -0.15) is 0 Å². The summed E-state index contributed by atoms with van der Waals surface area (Å²) >= 11 is 0. The van der Waals surface area contributed by atoms with Gasteiger partial charge in [-0.1, -0.05) is 0 Å². The van der Waals surface area contributed by atoms with E-state index in [1.807, 2.05) is 6.92 Å². The third-order valence-electron chi connectivity index (χ3n) is 2.25. The Morgan fingerprint density at radius 2 is 1.94 bits per heavy atom. The lowest BCUT2D eigenvalue weighted by Gasteiger charge is -2.09. The summed E-state index contributed by atoms with van der Waals surface area (Å²) in [5.41, 5.74) is 7.81. The number of ether oxygens (including phenoxy) is 1. The van der Waals surface area contributed by atoms with Crippen LogP contribution in [-0.4, -0.2) is 27.3 Å². The van der Waals surface area contributed by atoms with E-state index in [0.29, 0.717) is 23.0 Å². The van der Waals surface area contributed by atoms with E-state index < -0.39 is 0 Å². The second-order valence-electron chi connectivity index (χ2n) is 3.54. The van der Waals surface area contributed by atoms with Gasteiger partial charge in [-0.25, -0.2) is 0 Å². The van der Waals surface area contributed by atoms with Crippen molar-refractivity contribution in [3.05, 3.63) is 30.2 Å². The van der Waals surface area contributed by atoms with Crippen LogP contribution in [0.1, 0.15) is 18.7 Å². The van der Waals surface area contributed by atoms with Gasteiger partial charge in [0.15, 0.2) is 0 Å². The molecule has 0 fully saturated rings. The highest BCUT2D eigenvalue weighted by Crippen LogP contribution is 2.21. The predicted octanol–water partition coefficient (Wildman–Crippen LogP) is 0.962. The Labute approximate surface area is 98.9 Å². The summed E-state index contributed by atoms with van der Waals surface area (Å²) in [6.07, 6.45) is 3.21. The van der Waals surface area contributed by atoms with Crippen molar-refractivity contribution in [2.75, 3.05) is 7.11 Å². The third kappa shape index (κ3) is 2.36. The van der Waals surface area contributed by atoms with Crippen LogP contribution in [0.2, 0.25) is 0 Å². The third-order valence-corrected chi connectivity index (χ3v) is 2.25. The average Bonchev–Trinajstić information content (AvgIpc) is 2.39. The maximum Gasteiger partial charge on any atom is 0.233 e. The molecule has 0 aliphatic rings. The Kier molecular flexibility index (Phi) is 3.24. The number of nitrogens with two attached hydrogens (primary N) is 1. The SMILES string of the molecule is COc1ccc(-c2nccnc2C(C)N)nn1. The molecule has 0 saturated carbocycles. The lowest BCUT2D eigenvalue weighted by molar-refractivity contribution is 0.392. The zero-order valence-corrected chi connectivity index (χ0v) is 9.66. The van der Waals surface area contributed by atoms with E-state index >= 15 is 0 Å². The van der Waals surface area contributed by atoms with Crippen molar-refractivity contribution >= 4 is 0 Å². The van der Waals surface area contributed by atoms with Crippen LogP contribution in [0.15, 0.2) is 24.5 Å². The Balaban J connectivity index is 2.45. The van der Waals surface area contributed by atoms with Gasteiger partial charge in [-0.15, -0.1) is 10.2 Å². The van der Waals surface area contributed by atoms with Crippen molar-refractivity contribution in [3.8, 4) is 17.3 Å². The van der Waals surface area contributed by atoms with Gasteiger partial charge in [0.2, 0.25) is 5.88 Å². The zero-order valence-electron chi connectivity index (χ0n) is 9.66. The first kappa shape index (κ1) is 11.4. The molecule has 0 radical (unpaired) electrons. The highest BCUT2D eigenvalue weighted by molar-refractivity contribution is 5.56. The summed E-state index contributed by atoms with van der Waals surface area (Å²) < 4.78 is 4.95. The minimum absolute atomic E-state index is 0.206. The first-order valence-corrected chi connectivity index (χ1v) is 5.17. The van der Waals surface area contributed by atoms with Crippen LogP contribution in [0.3, 0.4) is 0 Å². The van der Waals surface area contributed by atoms with Gasteiger partial charge in [0.05, 0.1) is 12.8 Å². The molecule has 6 nitrogen and oxygen atoms in total. The average molecular weight is 231 g/mol. The van der Waals surface area contributed by atoms with Crippen molar-refractivity contribution in [2.24, 2.45) is 5.73 Å². The summed E-state index contributed by atoms with van der Waals surface area (Å²) in [4.78, 5) is 8.45. The molecule has 17 heavy (non-hydrogen) atoms. The fourth-order valence-electron chi connectivity index (χ4n) is 1.43. The van der Waals surface area contributed by atoms with E-state index in [-0.39, 0.29) is 6.04 Å². The van der Waals surface area contributed by atoms with E-state index in [4.69, 9.17) is 10.5 Å². The lowest BCUT2D eigenvalue weighted by Crippen LogP contribution is -2.10. The van der Waals surface area contributed by atoms with Crippen LogP contribution >= 0.6 is 0 Å². The highest BCUT2D eigenvalue weighted by atomic mass is 16.5. The van der Waals surface area contributed by atoms with Gasteiger partial charge >= 0.3 is 0 Å². The molecule has 2 aromatic rings. The van der Waals surface area contributed by atoms with E-state index in [0.717, 1.165) is 0 Å². The molecule has 2 heterocycles. The standard InChI is InChI=1S/C11H13N5O/c1-7(12)10-11(14-6-5-13-10)8-3-4-9(17-2)16-15-8/h3-7H,12H2,1-2H3. The van der Waals surface area contributed by atoms with E-state index in [9.17, 15) is 0 Å². The number of hydrogen-bond acceptors (Lipinski definition) is 6. The van der Waals surface area contributed by atoms with Gasteiger partial charge in [-0.3, -0.25) is 9.97 Å². The van der Waals surface area contributed by atoms with Crippen LogP contribution in [0.4, 0.5) is 0 Å². The van der Waals surface area contributed by atoms with Crippen molar-refractivity contribution in [1.29, 1.82) is 0 Å². The Morgan fingerprint density at radius 1 is 1.18 bits per heavy atom. The fourth-order valence-corrected chi connectivity index (χ4v) is 1.43. The Bertz CT molecular complexity index is 497. The second kappa shape index (κ2) is 4.84. The van der Waals surface area contributed by atoms with Gasteiger partial charge in [0.25, 0.3) is 0 Å². The summed E-state index contributed by atoms with van der Waals surface area (Å²) in [5, 5.41) is 7.92. The first-order valence-electron chi connectivity index (χ1n) is 5.17. The van der Waals surface area contributed by atoms with Crippen molar-refractivity contribution in [2.45, 2.75) is 13.0 Å². The topological polar surface area (TPSA) is 86.8 Å². The minimum Gasteiger partial charge on any atom is -0.480 e. The molecule has 2 N–H and O–H groups in total. The molecule has 0 amide bonds. The quantitative estimate of drug-likeness (QED) is 0.846. The van der Waals surface area contributed by atoms with Crippen LogP contribution in [0.5, 0.6) is 5.88 Å². The Morgan fingerprint density at radius 3 is 2.53 bits per heavy atom. The van der Waals surface area contributed by atoms with Gasteiger partial charge < -0.3 is 10.5 Å². The number of aromatic nitrogens is 4. The number of methoxy groups -OCH3 is 1. The van der Waals surface area contributed by atoms with Gasteiger partial charge in [-0.05, 0) is 13.0 Å². The first-order chi connectivity index (χ1) is 8.22. The van der Waals surface area contributed by atoms with Crippen molar-refractivity contribution < 1.29 is 4.74 Å². The number of hydrogen-bond donors (Lipinski definition) is 1. The summed E-state index contributed by atoms with van der Waals surface area (Å²) in [7, 11) is 1.54. The summed E-state index contributed by atoms with van der Waals surface area (Å²) in [6, 6.07) is 3.30. The highest BCUT2D eigenvalue weighted by Gasteiger charge is 2.12. The normalized spacial score (nSPS) is 12.2. The van der Waals surface area contributed by atoms with Crippen LogP contribution in [-0.2, 0) is 0 Å². The molecule has 0 bridgehead atoms. The minimum atomic E-state index is -0.206. The molecule has 0 saturated heterocycles. The smallest absolute Gasteiger partial charge is 0.233 e. The molecule has 0 aliphatic heterocycles. The van der Waals surface area contributed by atoms with Crippen LogP contribution in [0.25, 0.3) is 11.4 Å². The van der Waals surface area contributed by atoms with E-state index in [1.54, 1.807) is 31.6 Å². The van der Waals surface area contributed by atoms with E-state index in [2.05, 4.69) is 20.2 Å². The Hall–Kier alpha value is -2.08. The number of rotatable bonds is 3. The second-order valence-corrected chi connectivity index (χ2v) is 3.54. The molecular weight excluding hydrogens is 218 g/mol. The van der Waals surface area contributed by atoms with E-state index in [1.165, 1.54) is 0 Å². The predicted molar refractivity (Wildman–Crippen MR) is 62.2 cm³/mol. The molecule has 2 rings (SSSR count). The monoisotopic (exact) mass is 231 g/mol. The molecule has 1 unspecified atom stereocenters. The molecule has 0 spiro atoms. The largest absolute Gasteiger partial charge is 0.480 e. The zero-order chi connectivity index (χ0) is 12.3. The summed E-state index contributed by atoms with van der Waals surface area (Å²) in [6.45, 7) is 1.85. The molecule has 2 aromatic heterocycles. The van der Waals surface area contributed by atoms with Gasteiger partial charge in [0.1, 0.15) is 11.4 Å². The molecule has 0 aromatic carbocycles. The maximum atomic E-state index is 5.83. The maximum absolute atomic E-state index is 5.83. The fraction of sp³-hybridized carbons (Fsp3) is 0.273. The number of nitrogens with zero attached hydrogens (tertiary/aromatic N) is 4. The summed E-state index contributed by atoms with van der Waals surface area (Å²) in [5.74, 6) is 0.458. The van der Waals surface area contributed by atoms with Crippen LogP contribution < -0.4 is 10.5 Å². The molecule has 1 atom stereocenters. The van der Waals surface area contributed by atoms with Crippen molar-refractivity contribution in [3.63, 3.8) is 0 Å². The molecule has 88 valence electrons. The van der Waals surface area contributed by atoms with Crippen LogP contribution in [0, 0.1) is 0 Å². The molecule has 6 heteroatoms.